The summed E-state index contributed by atoms with van der Waals surface area (Å²) in [4.78, 5) is 25.2. The van der Waals surface area contributed by atoms with Crippen LogP contribution < -0.4 is 11.1 Å². The number of hydrogen-bond acceptors (Lipinski definition) is 3. The van der Waals surface area contributed by atoms with Crippen LogP contribution in [0.3, 0.4) is 0 Å². The molecule has 1 heterocycles. The van der Waals surface area contributed by atoms with Crippen LogP contribution in [0.5, 0.6) is 0 Å². The van der Waals surface area contributed by atoms with Crippen LogP contribution in [-0.2, 0) is 22.6 Å². The first-order valence-corrected chi connectivity index (χ1v) is 6.88. The summed E-state index contributed by atoms with van der Waals surface area (Å²) in [5.74, 6) is -0.545. The van der Waals surface area contributed by atoms with Crippen molar-refractivity contribution in [2.45, 2.75) is 38.9 Å². The Morgan fingerprint density at radius 2 is 2.00 bits per heavy atom. The second-order valence-corrected chi connectivity index (χ2v) is 5.43. The molecule has 0 fully saturated rings. The second kappa shape index (κ2) is 6.05. The molecule has 0 spiro atoms. The summed E-state index contributed by atoms with van der Waals surface area (Å²) in [7, 11) is 0. The van der Waals surface area contributed by atoms with Gasteiger partial charge in [-0.05, 0) is 31.4 Å². The average molecular weight is 275 g/mol. The maximum absolute atomic E-state index is 12.5. The van der Waals surface area contributed by atoms with E-state index in [4.69, 9.17) is 5.73 Å². The summed E-state index contributed by atoms with van der Waals surface area (Å²) in [6, 6.07) is 7.75. The maximum Gasteiger partial charge on any atom is 0.240 e. The monoisotopic (exact) mass is 275 g/mol. The zero-order valence-electron chi connectivity index (χ0n) is 11.9. The number of fused-ring (bicyclic) bond motifs is 1. The van der Waals surface area contributed by atoms with E-state index in [1.807, 2.05) is 32.0 Å². The summed E-state index contributed by atoms with van der Waals surface area (Å²) in [5.41, 5.74) is 7.63. The number of hydrogen-bond donors (Lipinski definition) is 2. The lowest BCUT2D eigenvalue weighted by atomic mass is 9.95. The highest BCUT2D eigenvalue weighted by Gasteiger charge is 2.29. The van der Waals surface area contributed by atoms with Crippen LogP contribution in [0.15, 0.2) is 24.3 Å². The molecule has 0 radical (unpaired) electrons. The molecule has 0 saturated carbocycles. The van der Waals surface area contributed by atoms with Gasteiger partial charge >= 0.3 is 0 Å². The molecule has 2 amide bonds. The van der Waals surface area contributed by atoms with Gasteiger partial charge in [-0.1, -0.05) is 24.3 Å². The molecule has 0 aromatic heterocycles. The largest absolute Gasteiger partial charge is 0.368 e. The Labute approximate surface area is 119 Å². The normalized spacial score (nSPS) is 17.6. The highest BCUT2D eigenvalue weighted by molar-refractivity contribution is 5.87. The second-order valence-electron chi connectivity index (χ2n) is 5.43. The number of nitrogens with one attached hydrogen (secondary N) is 1. The molecule has 3 N–H and O–H groups in total. The first kappa shape index (κ1) is 14.5. The quantitative estimate of drug-likeness (QED) is 0.836. The topological polar surface area (TPSA) is 75.4 Å². The van der Waals surface area contributed by atoms with Crippen LogP contribution in [0.4, 0.5) is 0 Å². The Morgan fingerprint density at radius 1 is 1.35 bits per heavy atom. The zero-order valence-corrected chi connectivity index (χ0v) is 11.9. The van der Waals surface area contributed by atoms with Crippen LogP contribution >= 0.6 is 0 Å². The van der Waals surface area contributed by atoms with E-state index in [1.54, 1.807) is 0 Å². The van der Waals surface area contributed by atoms with Gasteiger partial charge in [0.2, 0.25) is 11.8 Å². The van der Waals surface area contributed by atoms with E-state index in [0.717, 1.165) is 0 Å². The van der Waals surface area contributed by atoms with Crippen molar-refractivity contribution in [3.8, 4) is 0 Å². The first-order chi connectivity index (χ1) is 9.49. The fourth-order valence-corrected chi connectivity index (χ4v) is 2.51. The molecular formula is C15H21N3O2. The third-order valence-electron chi connectivity index (χ3n) is 3.61. The number of amides is 2. The van der Waals surface area contributed by atoms with Crippen molar-refractivity contribution in [2.24, 2.45) is 5.73 Å². The predicted molar refractivity (Wildman–Crippen MR) is 76.8 cm³/mol. The number of carbonyl (C=O) groups excluding carboxylic acids is 2. The van der Waals surface area contributed by atoms with Crippen molar-refractivity contribution in [3.63, 3.8) is 0 Å². The van der Waals surface area contributed by atoms with E-state index in [9.17, 15) is 9.59 Å². The summed E-state index contributed by atoms with van der Waals surface area (Å²) < 4.78 is 0. The summed E-state index contributed by atoms with van der Waals surface area (Å²) in [5, 5.41) is 3.24. The number of nitrogens with two attached hydrogens (primary N) is 1. The minimum Gasteiger partial charge on any atom is -0.368 e. The van der Waals surface area contributed by atoms with Gasteiger partial charge in [0.15, 0.2) is 0 Å². The number of rotatable bonds is 4. The van der Waals surface area contributed by atoms with Gasteiger partial charge in [-0.25, -0.2) is 0 Å². The van der Waals surface area contributed by atoms with Crippen molar-refractivity contribution in [2.75, 3.05) is 6.54 Å². The lowest BCUT2D eigenvalue weighted by Gasteiger charge is -2.32. The van der Waals surface area contributed by atoms with E-state index in [-0.39, 0.29) is 24.5 Å². The van der Waals surface area contributed by atoms with E-state index in [0.29, 0.717) is 13.0 Å². The fourth-order valence-electron chi connectivity index (χ4n) is 2.51. The van der Waals surface area contributed by atoms with Crippen LogP contribution in [0.1, 0.15) is 25.0 Å². The predicted octanol–water partition coefficient (Wildman–Crippen LogP) is 0.423. The summed E-state index contributed by atoms with van der Waals surface area (Å²) in [6.07, 6.45) is 0.650. The van der Waals surface area contributed by atoms with Gasteiger partial charge in [0.25, 0.3) is 0 Å². The van der Waals surface area contributed by atoms with Gasteiger partial charge in [0.1, 0.15) is 0 Å². The van der Waals surface area contributed by atoms with E-state index in [2.05, 4.69) is 11.4 Å². The minimum atomic E-state index is -0.483. The number of benzene rings is 1. The van der Waals surface area contributed by atoms with Crippen LogP contribution in [-0.4, -0.2) is 35.3 Å². The Balaban J connectivity index is 2.11. The standard InChI is InChI=1S/C15H21N3O2/c1-10(2)18(9-14(16)19)15(20)13-7-11-5-3-4-6-12(11)8-17-13/h3-6,10,13,17H,7-9H2,1-2H3,(H2,16,19). The molecule has 1 aliphatic heterocycles. The molecule has 1 atom stereocenters. The van der Waals surface area contributed by atoms with Gasteiger partial charge in [-0.3, -0.25) is 9.59 Å². The number of primary amides is 1. The maximum atomic E-state index is 12.5. The molecule has 0 aliphatic carbocycles. The molecule has 1 aliphatic rings. The van der Waals surface area contributed by atoms with Crippen LogP contribution in [0, 0.1) is 0 Å². The fraction of sp³-hybridized carbons (Fsp3) is 0.467. The van der Waals surface area contributed by atoms with Gasteiger partial charge in [0.05, 0.1) is 12.6 Å². The molecule has 5 nitrogen and oxygen atoms in total. The van der Waals surface area contributed by atoms with Crippen molar-refractivity contribution < 1.29 is 9.59 Å². The van der Waals surface area contributed by atoms with Crippen LogP contribution in [0.2, 0.25) is 0 Å². The molecule has 1 aromatic carbocycles. The Bertz CT molecular complexity index is 514. The lowest BCUT2D eigenvalue weighted by molar-refractivity contribution is -0.138. The van der Waals surface area contributed by atoms with Crippen molar-refractivity contribution >= 4 is 11.8 Å². The molecule has 20 heavy (non-hydrogen) atoms. The molecule has 1 unspecified atom stereocenters. The number of nitrogens with zero attached hydrogens (tertiary/aromatic N) is 1. The molecule has 0 bridgehead atoms. The summed E-state index contributed by atoms with van der Waals surface area (Å²) in [6.45, 7) is 4.42. The average Bonchev–Trinajstić information content (AvgIpc) is 2.43. The first-order valence-electron chi connectivity index (χ1n) is 6.88. The van der Waals surface area contributed by atoms with Gasteiger partial charge < -0.3 is 16.0 Å². The van der Waals surface area contributed by atoms with Crippen molar-refractivity contribution in [1.82, 2.24) is 10.2 Å². The molecular weight excluding hydrogens is 254 g/mol. The third-order valence-corrected chi connectivity index (χ3v) is 3.61. The van der Waals surface area contributed by atoms with E-state index in [1.165, 1.54) is 16.0 Å². The minimum absolute atomic E-state index is 0.0314. The Morgan fingerprint density at radius 3 is 2.60 bits per heavy atom. The van der Waals surface area contributed by atoms with Crippen molar-refractivity contribution in [3.05, 3.63) is 35.4 Å². The smallest absolute Gasteiger partial charge is 0.240 e. The highest BCUT2D eigenvalue weighted by Crippen LogP contribution is 2.18. The Kier molecular flexibility index (Phi) is 4.39. The highest BCUT2D eigenvalue weighted by atomic mass is 16.2. The van der Waals surface area contributed by atoms with Gasteiger partial charge in [-0.2, -0.15) is 0 Å². The van der Waals surface area contributed by atoms with Crippen LogP contribution in [0.25, 0.3) is 0 Å². The van der Waals surface area contributed by atoms with E-state index >= 15 is 0 Å². The van der Waals surface area contributed by atoms with Gasteiger partial charge in [0, 0.05) is 12.6 Å². The Hall–Kier alpha value is -1.88. The van der Waals surface area contributed by atoms with Gasteiger partial charge in [-0.15, -0.1) is 0 Å². The third kappa shape index (κ3) is 3.17. The molecule has 108 valence electrons. The number of carbonyl (C=O) groups is 2. The SMILES string of the molecule is CC(C)N(CC(N)=O)C(=O)C1Cc2ccccc2CN1. The lowest BCUT2D eigenvalue weighted by Crippen LogP contribution is -2.53. The molecule has 2 rings (SSSR count). The summed E-state index contributed by atoms with van der Waals surface area (Å²) >= 11 is 0. The zero-order chi connectivity index (χ0) is 14.7. The van der Waals surface area contributed by atoms with E-state index < -0.39 is 5.91 Å². The molecule has 5 heteroatoms. The molecule has 1 aromatic rings. The van der Waals surface area contributed by atoms with Crippen molar-refractivity contribution in [1.29, 1.82) is 0 Å². The molecule has 0 saturated heterocycles.